The van der Waals surface area contributed by atoms with E-state index in [4.69, 9.17) is 16.7 Å². The van der Waals surface area contributed by atoms with Crippen LogP contribution in [0.25, 0.3) is 0 Å². The molecule has 7 heteroatoms. The van der Waals surface area contributed by atoms with Crippen molar-refractivity contribution in [2.24, 2.45) is 0 Å². The van der Waals surface area contributed by atoms with Crippen LogP contribution in [0, 0.1) is 5.82 Å². The summed E-state index contributed by atoms with van der Waals surface area (Å²) >= 11 is 5.78. The predicted octanol–water partition coefficient (Wildman–Crippen LogP) is 3.82. The van der Waals surface area contributed by atoms with E-state index in [1.54, 1.807) is 24.3 Å². The van der Waals surface area contributed by atoms with Crippen LogP contribution in [0.15, 0.2) is 42.5 Å². The number of halogens is 2. The molecule has 0 fully saturated rings. The summed E-state index contributed by atoms with van der Waals surface area (Å²) in [6.07, 6.45) is 0. The fourth-order valence-corrected chi connectivity index (χ4v) is 1.82. The average molecular weight is 309 g/mol. The zero-order valence-corrected chi connectivity index (χ0v) is 11.3. The number of carbonyl (C=O) groups excluding carboxylic acids is 1. The standard InChI is InChI=1S/C14H10ClFN2O3/c15-8-2-1-3-9(6-8)17-14(21)18-10-4-5-12(16)11(7-10)13(19)20/h1-7H,(H,19,20)(H2,17,18,21). The Hall–Kier alpha value is -2.60. The van der Waals surface area contributed by atoms with Crippen LogP contribution in [0.5, 0.6) is 0 Å². The Kier molecular flexibility index (Phi) is 4.39. The lowest BCUT2D eigenvalue weighted by molar-refractivity contribution is 0.0692. The van der Waals surface area contributed by atoms with Crippen molar-refractivity contribution in [1.29, 1.82) is 0 Å². The number of carboxylic acid groups (broad SMARTS) is 1. The molecule has 0 aliphatic carbocycles. The van der Waals surface area contributed by atoms with Gasteiger partial charge in [0.1, 0.15) is 5.82 Å². The highest BCUT2D eigenvalue weighted by Gasteiger charge is 2.12. The zero-order valence-electron chi connectivity index (χ0n) is 10.6. The number of hydrogen-bond acceptors (Lipinski definition) is 2. The highest BCUT2D eigenvalue weighted by molar-refractivity contribution is 6.30. The lowest BCUT2D eigenvalue weighted by Gasteiger charge is -2.08. The molecule has 5 nitrogen and oxygen atoms in total. The molecule has 0 heterocycles. The Labute approximate surface area is 124 Å². The molecule has 0 aromatic heterocycles. The molecule has 0 bridgehead atoms. The Bertz CT molecular complexity index is 706. The minimum atomic E-state index is -1.41. The van der Waals surface area contributed by atoms with Gasteiger partial charge < -0.3 is 15.7 Å². The molecule has 2 aromatic carbocycles. The van der Waals surface area contributed by atoms with E-state index in [9.17, 15) is 14.0 Å². The molecule has 0 unspecified atom stereocenters. The summed E-state index contributed by atoms with van der Waals surface area (Å²) in [5.41, 5.74) is 0.115. The van der Waals surface area contributed by atoms with Crippen LogP contribution in [-0.4, -0.2) is 17.1 Å². The van der Waals surface area contributed by atoms with E-state index in [0.29, 0.717) is 10.7 Å². The predicted molar refractivity (Wildman–Crippen MR) is 77.5 cm³/mol. The van der Waals surface area contributed by atoms with Crippen LogP contribution in [0.2, 0.25) is 5.02 Å². The molecule has 3 N–H and O–H groups in total. The largest absolute Gasteiger partial charge is 0.478 e. The fourth-order valence-electron chi connectivity index (χ4n) is 1.63. The number of amides is 2. The summed E-state index contributed by atoms with van der Waals surface area (Å²) in [5, 5.41) is 14.2. The van der Waals surface area contributed by atoms with Gasteiger partial charge in [0.25, 0.3) is 0 Å². The van der Waals surface area contributed by atoms with Gasteiger partial charge in [0.15, 0.2) is 0 Å². The molecule has 0 saturated heterocycles. The number of benzene rings is 2. The second kappa shape index (κ2) is 6.23. The third-order valence-corrected chi connectivity index (χ3v) is 2.77. The SMILES string of the molecule is O=C(Nc1cccc(Cl)c1)Nc1ccc(F)c(C(=O)O)c1. The molecule has 108 valence electrons. The number of carboxylic acids is 1. The van der Waals surface area contributed by atoms with Crippen molar-refractivity contribution < 1.29 is 19.1 Å². The van der Waals surface area contributed by atoms with Crippen LogP contribution >= 0.6 is 11.6 Å². The Morgan fingerprint density at radius 3 is 2.33 bits per heavy atom. The van der Waals surface area contributed by atoms with Crippen LogP contribution in [0.1, 0.15) is 10.4 Å². The monoisotopic (exact) mass is 308 g/mol. The van der Waals surface area contributed by atoms with Crippen LogP contribution in [0.3, 0.4) is 0 Å². The molecule has 0 saturated carbocycles. The van der Waals surface area contributed by atoms with Gasteiger partial charge in [-0.25, -0.2) is 14.0 Å². The molecule has 0 aliphatic heterocycles. The van der Waals surface area contributed by atoms with E-state index in [1.807, 2.05) is 0 Å². The van der Waals surface area contributed by atoms with Crippen LogP contribution in [-0.2, 0) is 0 Å². The molecular formula is C14H10ClFN2O3. The van der Waals surface area contributed by atoms with Crippen molar-refractivity contribution >= 4 is 35.0 Å². The fraction of sp³-hybridized carbons (Fsp3) is 0. The normalized spacial score (nSPS) is 10.0. The molecule has 0 radical (unpaired) electrons. The Balaban J connectivity index is 2.09. The van der Waals surface area contributed by atoms with Crippen molar-refractivity contribution in [1.82, 2.24) is 0 Å². The molecule has 21 heavy (non-hydrogen) atoms. The smallest absolute Gasteiger partial charge is 0.338 e. The van der Waals surface area contributed by atoms with E-state index in [-0.39, 0.29) is 5.69 Å². The second-order valence-corrected chi connectivity index (χ2v) is 4.53. The van der Waals surface area contributed by atoms with Gasteiger partial charge in [0.2, 0.25) is 0 Å². The molecular weight excluding hydrogens is 299 g/mol. The molecule has 2 rings (SSSR count). The lowest BCUT2D eigenvalue weighted by Crippen LogP contribution is -2.19. The van der Waals surface area contributed by atoms with Gasteiger partial charge >= 0.3 is 12.0 Å². The number of hydrogen-bond donors (Lipinski definition) is 3. The molecule has 2 amide bonds. The molecule has 0 aliphatic rings. The third kappa shape index (κ3) is 3.93. The summed E-state index contributed by atoms with van der Waals surface area (Å²) in [5.74, 6) is -2.28. The van der Waals surface area contributed by atoms with Crippen molar-refractivity contribution in [3.05, 3.63) is 58.9 Å². The van der Waals surface area contributed by atoms with Crippen molar-refractivity contribution in [2.75, 3.05) is 10.6 Å². The lowest BCUT2D eigenvalue weighted by atomic mass is 10.2. The van der Waals surface area contributed by atoms with Crippen molar-refractivity contribution in [3.8, 4) is 0 Å². The summed E-state index contributed by atoms with van der Waals surface area (Å²) < 4.78 is 13.2. The van der Waals surface area contributed by atoms with E-state index in [2.05, 4.69) is 10.6 Å². The summed E-state index contributed by atoms with van der Waals surface area (Å²) in [7, 11) is 0. The third-order valence-electron chi connectivity index (χ3n) is 2.54. The number of urea groups is 1. The quantitative estimate of drug-likeness (QED) is 0.806. The number of carbonyl (C=O) groups is 2. The number of nitrogens with one attached hydrogen (secondary N) is 2. The van der Waals surface area contributed by atoms with Gasteiger partial charge in [0, 0.05) is 16.4 Å². The first-order valence-electron chi connectivity index (χ1n) is 5.82. The van der Waals surface area contributed by atoms with E-state index < -0.39 is 23.4 Å². The van der Waals surface area contributed by atoms with Gasteiger partial charge in [-0.15, -0.1) is 0 Å². The Morgan fingerprint density at radius 2 is 1.71 bits per heavy atom. The molecule has 2 aromatic rings. The van der Waals surface area contributed by atoms with Crippen molar-refractivity contribution in [2.45, 2.75) is 0 Å². The maximum absolute atomic E-state index is 13.2. The van der Waals surface area contributed by atoms with E-state index in [1.165, 1.54) is 6.07 Å². The van der Waals surface area contributed by atoms with Gasteiger partial charge in [0.05, 0.1) is 5.56 Å². The first-order valence-corrected chi connectivity index (χ1v) is 6.20. The van der Waals surface area contributed by atoms with Crippen LogP contribution < -0.4 is 10.6 Å². The minimum absolute atomic E-state index is 0.160. The number of aromatic carboxylic acids is 1. The topological polar surface area (TPSA) is 78.4 Å². The summed E-state index contributed by atoms with van der Waals surface area (Å²) in [6.45, 7) is 0. The first-order chi connectivity index (χ1) is 9.95. The molecule has 0 atom stereocenters. The van der Waals surface area contributed by atoms with Crippen molar-refractivity contribution in [3.63, 3.8) is 0 Å². The average Bonchev–Trinajstić information content (AvgIpc) is 2.40. The number of anilines is 2. The highest BCUT2D eigenvalue weighted by Crippen LogP contribution is 2.17. The first kappa shape index (κ1) is 14.8. The minimum Gasteiger partial charge on any atom is -0.478 e. The molecule has 0 spiro atoms. The Morgan fingerprint density at radius 1 is 1.05 bits per heavy atom. The highest BCUT2D eigenvalue weighted by atomic mass is 35.5. The van der Waals surface area contributed by atoms with Crippen LogP contribution in [0.4, 0.5) is 20.6 Å². The maximum Gasteiger partial charge on any atom is 0.338 e. The van der Waals surface area contributed by atoms with Gasteiger partial charge in [-0.2, -0.15) is 0 Å². The van der Waals surface area contributed by atoms with E-state index in [0.717, 1.165) is 12.1 Å². The summed E-state index contributed by atoms with van der Waals surface area (Å²) in [4.78, 5) is 22.6. The van der Waals surface area contributed by atoms with Gasteiger partial charge in [-0.1, -0.05) is 17.7 Å². The maximum atomic E-state index is 13.2. The summed E-state index contributed by atoms with van der Waals surface area (Å²) in [6, 6.07) is 9.18. The van der Waals surface area contributed by atoms with Gasteiger partial charge in [-0.3, -0.25) is 0 Å². The van der Waals surface area contributed by atoms with Gasteiger partial charge in [-0.05, 0) is 36.4 Å². The zero-order chi connectivity index (χ0) is 15.4. The second-order valence-electron chi connectivity index (χ2n) is 4.09. The van der Waals surface area contributed by atoms with E-state index >= 15 is 0 Å². The number of rotatable bonds is 3.